The van der Waals surface area contributed by atoms with Crippen molar-refractivity contribution in [2.45, 2.75) is 60.8 Å². The summed E-state index contributed by atoms with van der Waals surface area (Å²) in [7, 11) is 0. The van der Waals surface area contributed by atoms with Gasteiger partial charge in [-0.25, -0.2) is 34.9 Å². The molecule has 0 spiro atoms. The molecule has 0 nitrogen and oxygen atoms in total. The third-order valence-corrected chi connectivity index (χ3v) is 4.03. The van der Waals surface area contributed by atoms with Gasteiger partial charge in [0, 0.05) is 0 Å². The zero-order valence-electron chi connectivity index (χ0n) is 16.9. The van der Waals surface area contributed by atoms with E-state index in [1.807, 2.05) is 0 Å². The minimum Gasteiger partial charge on any atom is -0.269 e. The van der Waals surface area contributed by atoms with Crippen LogP contribution in [0.4, 0.5) is 0 Å². The number of hydrogen-bond donors (Lipinski definition) is 0. The van der Waals surface area contributed by atoms with E-state index in [2.05, 4.69) is 96.2 Å². The van der Waals surface area contributed by atoms with Crippen LogP contribution in [0.5, 0.6) is 0 Å². The molecule has 0 fully saturated rings. The fourth-order valence-corrected chi connectivity index (χ4v) is 2.45. The number of hydrogen-bond acceptors (Lipinski definition) is 0. The first-order valence-electron chi connectivity index (χ1n) is 9.23. The molecule has 0 unspecified atom stereocenters. The van der Waals surface area contributed by atoms with Gasteiger partial charge in [-0.3, -0.25) is 18.2 Å². The third kappa shape index (κ3) is 10.4. The van der Waals surface area contributed by atoms with Crippen molar-refractivity contribution in [1.29, 1.82) is 0 Å². The molecule has 0 saturated heterocycles. The Morgan fingerprint density at radius 3 is 0.880 bits per heavy atom. The van der Waals surface area contributed by atoms with E-state index in [0.29, 0.717) is 17.8 Å². The molecule has 3 aliphatic carbocycles. The molecule has 0 heterocycles. The fraction of sp³-hybridized carbons (Fsp3) is 0.500. The molecule has 0 aromatic rings. The Morgan fingerprint density at radius 1 is 0.560 bits per heavy atom. The zero-order valence-corrected chi connectivity index (χ0v) is 20.5. The van der Waals surface area contributed by atoms with E-state index < -0.39 is 0 Å². The van der Waals surface area contributed by atoms with Crippen LogP contribution in [0.3, 0.4) is 0 Å². The van der Waals surface area contributed by atoms with Crippen LogP contribution in [0.2, 0.25) is 0 Å². The average molecular weight is 460 g/mol. The van der Waals surface area contributed by atoms with Crippen LogP contribution in [0.1, 0.15) is 60.8 Å². The topological polar surface area (TPSA) is 0 Å². The molecule has 3 rings (SSSR count). The van der Waals surface area contributed by atoms with E-state index in [1.165, 1.54) is 16.7 Å². The first-order valence-corrected chi connectivity index (χ1v) is 9.23. The summed E-state index contributed by atoms with van der Waals surface area (Å²) < 4.78 is 0. The molecule has 25 heavy (non-hydrogen) atoms. The predicted octanol–water partition coefficient (Wildman–Crippen LogP) is 7.00. The van der Waals surface area contributed by atoms with Crippen molar-refractivity contribution < 1.29 is 35.6 Å². The molecule has 0 N–H and O–H groups in total. The van der Waals surface area contributed by atoms with Gasteiger partial charge in [-0.1, -0.05) is 59.3 Å². The van der Waals surface area contributed by atoms with Crippen molar-refractivity contribution in [3.8, 4) is 0 Å². The normalized spacial score (nSPS) is 16.9. The fourth-order valence-electron chi connectivity index (χ4n) is 2.45. The Labute approximate surface area is 184 Å². The zero-order chi connectivity index (χ0) is 17.9. The van der Waals surface area contributed by atoms with Gasteiger partial charge in [0.25, 0.3) is 0 Å². The van der Waals surface area contributed by atoms with Crippen LogP contribution < -0.4 is 0 Å². The van der Waals surface area contributed by atoms with Crippen LogP contribution in [0, 0.1) is 71.6 Å². The van der Waals surface area contributed by atoms with Gasteiger partial charge in [0.05, 0.1) is 0 Å². The van der Waals surface area contributed by atoms with Crippen molar-refractivity contribution in [2.24, 2.45) is 17.8 Å². The van der Waals surface area contributed by atoms with Crippen LogP contribution in [0.15, 0.2) is 53.2 Å². The average Bonchev–Trinajstić information content (AvgIpc) is 3.29. The third-order valence-electron chi connectivity index (χ3n) is 4.03. The maximum atomic E-state index is 3.26. The summed E-state index contributed by atoms with van der Waals surface area (Å²) in [6, 6.07) is 0. The van der Waals surface area contributed by atoms with Crippen molar-refractivity contribution in [1.82, 2.24) is 0 Å². The van der Waals surface area contributed by atoms with E-state index in [-0.39, 0.29) is 35.6 Å². The van der Waals surface area contributed by atoms with Gasteiger partial charge in [-0.2, -0.15) is 18.2 Å². The Kier molecular flexibility index (Phi) is 13.6. The molecule has 1 heteroatoms. The monoisotopic (exact) mass is 460 g/mol. The molecule has 132 valence electrons. The van der Waals surface area contributed by atoms with E-state index in [0.717, 1.165) is 19.3 Å². The summed E-state index contributed by atoms with van der Waals surface area (Å²) in [5.74, 6) is 1.98. The molecule has 0 aromatic heterocycles. The van der Waals surface area contributed by atoms with Crippen molar-refractivity contribution >= 4 is 0 Å². The maximum absolute atomic E-state index is 3.26. The summed E-state index contributed by atoms with van der Waals surface area (Å²) in [4.78, 5) is 0. The Bertz CT molecular complexity index is 468. The van der Waals surface area contributed by atoms with Crippen LogP contribution in [-0.4, -0.2) is 0 Å². The van der Waals surface area contributed by atoms with Crippen molar-refractivity contribution in [2.75, 3.05) is 0 Å². The summed E-state index contributed by atoms with van der Waals surface area (Å²) in [5, 5.41) is 0. The van der Waals surface area contributed by atoms with E-state index in [4.69, 9.17) is 0 Å². The second-order valence-electron chi connectivity index (χ2n) is 7.18. The molecule has 0 radical (unpaired) electrons. The van der Waals surface area contributed by atoms with E-state index >= 15 is 0 Å². The molecule has 0 atom stereocenters. The Hall–Kier alpha value is -0.365. The van der Waals surface area contributed by atoms with Crippen LogP contribution in [0.25, 0.3) is 0 Å². The summed E-state index contributed by atoms with van der Waals surface area (Å²) in [5.41, 5.74) is 4.10. The predicted molar refractivity (Wildman–Crippen MR) is 106 cm³/mol. The quantitative estimate of drug-likeness (QED) is 0.398. The smallest absolute Gasteiger partial charge is 0.269 e. The number of rotatable bonds is 3. The van der Waals surface area contributed by atoms with Gasteiger partial charge < -0.3 is 0 Å². The van der Waals surface area contributed by atoms with Gasteiger partial charge >= 0.3 is 35.6 Å². The van der Waals surface area contributed by atoms with Gasteiger partial charge in [0.2, 0.25) is 0 Å². The Morgan fingerprint density at radius 2 is 0.800 bits per heavy atom. The molecule has 0 amide bonds. The molecular formula is C24H33La. The van der Waals surface area contributed by atoms with Crippen LogP contribution >= 0.6 is 0 Å². The van der Waals surface area contributed by atoms with Gasteiger partial charge in [-0.05, 0) is 0 Å². The minimum atomic E-state index is 0. The summed E-state index contributed by atoms with van der Waals surface area (Å²) in [6.45, 7) is 13.2. The summed E-state index contributed by atoms with van der Waals surface area (Å²) in [6.07, 6.45) is 25.8. The molecule has 0 aromatic carbocycles. The Balaban J connectivity index is 0.000000339. The first-order chi connectivity index (χ1) is 11.4. The maximum Gasteiger partial charge on any atom is 3.00 e. The minimum absolute atomic E-state index is 0. The second kappa shape index (κ2) is 13.8. The standard InChI is InChI=1S/3C8H11.La/c3*1-7(2)8-5-3-4-6-8;/h3*3,5,7H,4H2,1-2H3;/q3*-1;+3. The van der Waals surface area contributed by atoms with Gasteiger partial charge in [0.1, 0.15) is 0 Å². The summed E-state index contributed by atoms with van der Waals surface area (Å²) >= 11 is 0. The van der Waals surface area contributed by atoms with E-state index in [9.17, 15) is 0 Å². The second-order valence-corrected chi connectivity index (χ2v) is 7.18. The van der Waals surface area contributed by atoms with Crippen LogP contribution in [-0.2, 0) is 0 Å². The van der Waals surface area contributed by atoms with Crippen molar-refractivity contribution in [3.05, 3.63) is 71.4 Å². The molecular weight excluding hydrogens is 427 g/mol. The van der Waals surface area contributed by atoms with Crippen molar-refractivity contribution in [3.63, 3.8) is 0 Å². The molecule has 0 saturated carbocycles. The molecule has 0 bridgehead atoms. The van der Waals surface area contributed by atoms with Gasteiger partial charge in [0.15, 0.2) is 0 Å². The van der Waals surface area contributed by atoms with Gasteiger partial charge in [-0.15, -0.1) is 19.3 Å². The number of allylic oxidation sites excluding steroid dienone is 12. The molecule has 3 aliphatic rings. The molecule has 0 aliphatic heterocycles. The largest absolute Gasteiger partial charge is 3.00 e. The first kappa shape index (κ1) is 24.6. The van der Waals surface area contributed by atoms with E-state index in [1.54, 1.807) is 0 Å². The SMILES string of the molecule is CC(C)C1=[C-]CC=C1.CC(C)C1=[C-]CC=C1.CC(C)C1=[C-]CC=C1.[La+3].